The molecule has 0 fully saturated rings. The Balaban J connectivity index is 1.93. The minimum absolute atomic E-state index is 0.154. The van der Waals surface area contributed by atoms with Crippen LogP contribution in [0.4, 0.5) is 0 Å². The number of nitrogens with zero attached hydrogens (tertiary/aromatic N) is 2. The number of hydrazone groups is 1. The van der Waals surface area contributed by atoms with Crippen LogP contribution in [0.2, 0.25) is 5.22 Å². The Hall–Kier alpha value is -2.01. The van der Waals surface area contributed by atoms with E-state index in [4.69, 9.17) is 20.4 Å². The van der Waals surface area contributed by atoms with Gasteiger partial charge in [0.1, 0.15) is 23.3 Å². The van der Waals surface area contributed by atoms with E-state index >= 15 is 0 Å². The zero-order chi connectivity index (χ0) is 13.4. The summed E-state index contributed by atoms with van der Waals surface area (Å²) in [5, 5.41) is 5.99. The molecule has 0 spiro atoms. The van der Waals surface area contributed by atoms with Crippen molar-refractivity contribution in [3.63, 3.8) is 0 Å². The second kappa shape index (κ2) is 4.59. The van der Waals surface area contributed by atoms with Crippen LogP contribution in [0.25, 0.3) is 0 Å². The molecule has 19 heavy (non-hydrogen) atoms. The SMILES string of the molecule is CC(=O)N1N=C(c2ccco2)CC1c1ccc(Cl)o1. The first-order chi connectivity index (χ1) is 9.15. The lowest BCUT2D eigenvalue weighted by atomic mass is 10.1. The summed E-state index contributed by atoms with van der Waals surface area (Å²) >= 11 is 5.78. The predicted molar refractivity (Wildman–Crippen MR) is 68.8 cm³/mol. The molecule has 3 heterocycles. The van der Waals surface area contributed by atoms with Gasteiger partial charge in [-0.3, -0.25) is 4.79 Å². The average Bonchev–Trinajstić information content (AvgIpc) is 3.07. The van der Waals surface area contributed by atoms with Crippen molar-refractivity contribution in [2.75, 3.05) is 0 Å². The van der Waals surface area contributed by atoms with Crippen LogP contribution in [-0.4, -0.2) is 16.6 Å². The summed E-state index contributed by atoms with van der Waals surface area (Å²) < 4.78 is 10.7. The molecule has 6 heteroatoms. The number of carbonyl (C=O) groups is 1. The first kappa shape index (κ1) is 12.0. The molecule has 5 nitrogen and oxygen atoms in total. The number of rotatable bonds is 2. The largest absolute Gasteiger partial charge is 0.463 e. The maximum Gasteiger partial charge on any atom is 0.240 e. The molecular formula is C13H11ClN2O3. The number of hydrogen-bond acceptors (Lipinski definition) is 4. The summed E-state index contributed by atoms with van der Waals surface area (Å²) in [4.78, 5) is 11.7. The van der Waals surface area contributed by atoms with Crippen molar-refractivity contribution < 1.29 is 13.6 Å². The molecule has 0 N–H and O–H groups in total. The molecule has 1 aliphatic heterocycles. The maximum absolute atomic E-state index is 11.7. The number of furan rings is 2. The molecule has 0 bridgehead atoms. The average molecular weight is 279 g/mol. The summed E-state index contributed by atoms with van der Waals surface area (Å²) in [6, 6.07) is 6.73. The Labute approximate surface area is 114 Å². The van der Waals surface area contributed by atoms with Gasteiger partial charge in [0.2, 0.25) is 5.91 Å². The molecule has 1 aliphatic rings. The topological polar surface area (TPSA) is 59.0 Å². The predicted octanol–water partition coefficient (Wildman–Crippen LogP) is 3.22. The molecule has 0 aliphatic carbocycles. The minimum atomic E-state index is -0.273. The first-order valence-corrected chi connectivity index (χ1v) is 6.19. The Morgan fingerprint density at radius 2 is 2.32 bits per heavy atom. The van der Waals surface area contributed by atoms with E-state index in [0.717, 1.165) is 5.71 Å². The lowest BCUT2D eigenvalue weighted by Crippen LogP contribution is -2.23. The second-order valence-electron chi connectivity index (χ2n) is 4.25. The molecular weight excluding hydrogens is 268 g/mol. The van der Waals surface area contributed by atoms with Gasteiger partial charge in [-0.05, 0) is 35.9 Å². The van der Waals surface area contributed by atoms with E-state index in [-0.39, 0.29) is 11.9 Å². The van der Waals surface area contributed by atoms with E-state index < -0.39 is 0 Å². The van der Waals surface area contributed by atoms with Crippen molar-refractivity contribution in [2.45, 2.75) is 19.4 Å². The highest BCUT2D eigenvalue weighted by atomic mass is 35.5. The molecule has 1 amide bonds. The van der Waals surface area contributed by atoms with Crippen LogP contribution >= 0.6 is 11.6 Å². The normalized spacial score (nSPS) is 18.7. The van der Waals surface area contributed by atoms with Crippen LogP contribution in [0.1, 0.15) is 30.9 Å². The maximum atomic E-state index is 11.7. The van der Waals surface area contributed by atoms with E-state index in [9.17, 15) is 4.79 Å². The number of halogens is 1. The quantitative estimate of drug-likeness (QED) is 0.847. The smallest absolute Gasteiger partial charge is 0.240 e. The van der Waals surface area contributed by atoms with Crippen LogP contribution in [-0.2, 0) is 4.79 Å². The van der Waals surface area contributed by atoms with Gasteiger partial charge < -0.3 is 8.83 Å². The number of carbonyl (C=O) groups excluding carboxylic acids is 1. The van der Waals surface area contributed by atoms with Crippen molar-refractivity contribution in [1.82, 2.24) is 5.01 Å². The van der Waals surface area contributed by atoms with Crippen LogP contribution in [0.3, 0.4) is 0 Å². The van der Waals surface area contributed by atoms with Gasteiger partial charge in [-0.25, -0.2) is 5.01 Å². The highest BCUT2D eigenvalue weighted by Gasteiger charge is 2.34. The van der Waals surface area contributed by atoms with E-state index in [2.05, 4.69) is 5.10 Å². The zero-order valence-corrected chi connectivity index (χ0v) is 10.9. The van der Waals surface area contributed by atoms with Crippen molar-refractivity contribution in [1.29, 1.82) is 0 Å². The monoisotopic (exact) mass is 278 g/mol. The number of hydrogen-bond donors (Lipinski definition) is 0. The Kier molecular flexibility index (Phi) is 2.91. The fraction of sp³-hybridized carbons (Fsp3) is 0.231. The highest BCUT2D eigenvalue weighted by molar-refractivity contribution is 6.28. The standard InChI is InChI=1S/C13H11ClN2O3/c1-8(17)16-10(12-4-5-13(14)19-12)7-9(15-16)11-3-2-6-18-11/h2-6,10H,7H2,1H3. The Morgan fingerprint density at radius 1 is 1.47 bits per heavy atom. The molecule has 0 saturated heterocycles. The van der Waals surface area contributed by atoms with Crippen molar-refractivity contribution in [3.8, 4) is 0 Å². The van der Waals surface area contributed by atoms with E-state index in [1.54, 1.807) is 24.5 Å². The van der Waals surface area contributed by atoms with E-state index in [1.165, 1.54) is 11.9 Å². The molecule has 1 atom stereocenters. The van der Waals surface area contributed by atoms with Crippen LogP contribution in [0.5, 0.6) is 0 Å². The van der Waals surface area contributed by atoms with Crippen LogP contribution in [0, 0.1) is 0 Å². The molecule has 0 saturated carbocycles. The van der Waals surface area contributed by atoms with Gasteiger partial charge in [-0.15, -0.1) is 0 Å². The third-order valence-corrected chi connectivity index (χ3v) is 3.16. The van der Waals surface area contributed by atoms with Gasteiger partial charge in [-0.2, -0.15) is 5.10 Å². The molecule has 0 radical (unpaired) electrons. The summed E-state index contributed by atoms with van der Waals surface area (Å²) in [7, 11) is 0. The lowest BCUT2D eigenvalue weighted by molar-refractivity contribution is -0.130. The summed E-state index contributed by atoms with van der Waals surface area (Å²) in [5.41, 5.74) is 0.720. The van der Waals surface area contributed by atoms with Crippen LogP contribution in [0.15, 0.2) is 44.5 Å². The highest BCUT2D eigenvalue weighted by Crippen LogP contribution is 2.34. The third kappa shape index (κ3) is 2.17. The fourth-order valence-corrected chi connectivity index (χ4v) is 2.27. The Morgan fingerprint density at radius 3 is 2.89 bits per heavy atom. The van der Waals surface area contributed by atoms with Gasteiger partial charge in [0, 0.05) is 13.3 Å². The molecule has 0 aromatic carbocycles. The summed E-state index contributed by atoms with van der Waals surface area (Å²) in [6.45, 7) is 1.46. The second-order valence-corrected chi connectivity index (χ2v) is 4.62. The van der Waals surface area contributed by atoms with Crippen LogP contribution < -0.4 is 0 Å². The number of amides is 1. The molecule has 98 valence electrons. The van der Waals surface area contributed by atoms with Gasteiger partial charge in [0.15, 0.2) is 5.22 Å². The van der Waals surface area contributed by atoms with Gasteiger partial charge >= 0.3 is 0 Å². The van der Waals surface area contributed by atoms with E-state index in [1.807, 2.05) is 6.07 Å². The summed E-state index contributed by atoms with van der Waals surface area (Å²) in [6.07, 6.45) is 2.12. The van der Waals surface area contributed by atoms with Crippen molar-refractivity contribution in [3.05, 3.63) is 47.3 Å². The minimum Gasteiger partial charge on any atom is -0.463 e. The third-order valence-electron chi connectivity index (χ3n) is 2.96. The molecule has 2 aromatic rings. The fourth-order valence-electron chi connectivity index (χ4n) is 2.12. The van der Waals surface area contributed by atoms with Crippen molar-refractivity contribution >= 4 is 23.2 Å². The first-order valence-electron chi connectivity index (χ1n) is 5.81. The van der Waals surface area contributed by atoms with Crippen molar-refractivity contribution in [2.24, 2.45) is 5.10 Å². The molecule has 2 aromatic heterocycles. The van der Waals surface area contributed by atoms with Gasteiger partial charge in [0.25, 0.3) is 0 Å². The van der Waals surface area contributed by atoms with Gasteiger partial charge in [0.05, 0.1) is 6.26 Å². The lowest BCUT2D eigenvalue weighted by Gasteiger charge is -2.17. The Bertz CT molecular complexity index is 630. The van der Waals surface area contributed by atoms with E-state index in [0.29, 0.717) is 23.2 Å². The zero-order valence-electron chi connectivity index (χ0n) is 10.2. The summed E-state index contributed by atoms with van der Waals surface area (Å²) in [5.74, 6) is 1.12. The molecule has 1 unspecified atom stereocenters. The van der Waals surface area contributed by atoms with Gasteiger partial charge in [-0.1, -0.05) is 0 Å². The molecule has 3 rings (SSSR count).